The summed E-state index contributed by atoms with van der Waals surface area (Å²) >= 11 is 8.96. The highest BCUT2D eigenvalue weighted by molar-refractivity contribution is 9.10. The van der Waals surface area contributed by atoms with E-state index in [0.717, 1.165) is 27.2 Å². The Balaban J connectivity index is 1.80. The number of hydrogen-bond acceptors (Lipinski definition) is 1. The molecule has 0 amide bonds. The highest BCUT2D eigenvalue weighted by Gasteiger charge is 2.14. The molecule has 1 fully saturated rings. The summed E-state index contributed by atoms with van der Waals surface area (Å²) in [6.07, 6.45) is 8.32. The quantitative estimate of drug-likeness (QED) is 0.739. The van der Waals surface area contributed by atoms with Crippen molar-refractivity contribution in [3.8, 4) is 0 Å². The number of nitrogens with zero attached hydrogens (tertiary/aromatic N) is 1. The second kappa shape index (κ2) is 5.80. The van der Waals surface area contributed by atoms with E-state index >= 15 is 0 Å². The third kappa shape index (κ3) is 2.95. The van der Waals surface area contributed by atoms with Crippen LogP contribution in [-0.2, 0) is 6.54 Å². The number of aromatic amines is 1. The van der Waals surface area contributed by atoms with Crippen molar-refractivity contribution >= 4 is 39.2 Å². The lowest BCUT2D eigenvalue weighted by molar-refractivity contribution is 0.325. The fourth-order valence-corrected chi connectivity index (χ4v) is 3.81. The van der Waals surface area contributed by atoms with Crippen molar-refractivity contribution in [2.24, 2.45) is 5.92 Å². The topological polar surface area (TPSA) is 20.7 Å². The minimum absolute atomic E-state index is 0.851. The van der Waals surface area contributed by atoms with Crippen LogP contribution in [0.1, 0.15) is 38.5 Å². The molecule has 19 heavy (non-hydrogen) atoms. The van der Waals surface area contributed by atoms with E-state index in [-0.39, 0.29) is 0 Å². The van der Waals surface area contributed by atoms with Crippen LogP contribution in [0.4, 0.5) is 0 Å². The Labute approximate surface area is 127 Å². The Hall–Kier alpha value is -0.610. The summed E-state index contributed by atoms with van der Waals surface area (Å²) < 4.78 is 4.20. The molecule has 1 saturated carbocycles. The molecule has 0 saturated heterocycles. The van der Waals surface area contributed by atoms with E-state index in [4.69, 9.17) is 12.2 Å². The first-order valence-electron chi connectivity index (χ1n) is 7.12. The van der Waals surface area contributed by atoms with Crippen molar-refractivity contribution < 1.29 is 0 Å². The number of benzene rings is 1. The van der Waals surface area contributed by atoms with Gasteiger partial charge in [-0.15, -0.1) is 0 Å². The molecule has 0 radical (unpaired) electrons. The molecule has 1 N–H and O–H groups in total. The molecule has 102 valence electrons. The van der Waals surface area contributed by atoms with Crippen LogP contribution in [0.15, 0.2) is 22.7 Å². The van der Waals surface area contributed by atoms with Gasteiger partial charge >= 0.3 is 0 Å². The minimum Gasteiger partial charge on any atom is -0.331 e. The number of imidazole rings is 1. The molecule has 0 unspecified atom stereocenters. The summed E-state index contributed by atoms with van der Waals surface area (Å²) in [6.45, 7) is 1.05. The predicted molar refractivity (Wildman–Crippen MR) is 86.0 cm³/mol. The second-order valence-corrected chi connectivity index (χ2v) is 6.84. The Morgan fingerprint density at radius 3 is 2.84 bits per heavy atom. The van der Waals surface area contributed by atoms with E-state index in [1.54, 1.807) is 0 Å². The van der Waals surface area contributed by atoms with Gasteiger partial charge in [-0.3, -0.25) is 0 Å². The molecule has 1 aliphatic rings. The molecule has 0 bridgehead atoms. The van der Waals surface area contributed by atoms with Crippen LogP contribution >= 0.6 is 28.1 Å². The summed E-state index contributed by atoms with van der Waals surface area (Å²) in [5.74, 6) is 0.899. The summed E-state index contributed by atoms with van der Waals surface area (Å²) in [7, 11) is 0. The molecular formula is C15H19BrN2S. The predicted octanol–water partition coefficient (Wildman–Crippen LogP) is 5.43. The van der Waals surface area contributed by atoms with Gasteiger partial charge in [0.25, 0.3) is 0 Å². The maximum Gasteiger partial charge on any atom is 0.178 e. The van der Waals surface area contributed by atoms with Crippen LogP contribution in [0, 0.1) is 10.7 Å². The summed E-state index contributed by atoms with van der Waals surface area (Å²) in [6, 6.07) is 6.33. The van der Waals surface area contributed by atoms with Gasteiger partial charge in [0.2, 0.25) is 0 Å². The second-order valence-electron chi connectivity index (χ2n) is 5.54. The van der Waals surface area contributed by atoms with E-state index in [1.165, 1.54) is 44.0 Å². The Morgan fingerprint density at radius 1 is 1.26 bits per heavy atom. The SMILES string of the molecule is S=c1[nH]c2cc(Br)ccc2n1CCC1CCCCC1. The van der Waals surface area contributed by atoms with E-state index in [9.17, 15) is 0 Å². The highest BCUT2D eigenvalue weighted by Crippen LogP contribution is 2.27. The van der Waals surface area contributed by atoms with Gasteiger partial charge < -0.3 is 9.55 Å². The first-order valence-corrected chi connectivity index (χ1v) is 8.32. The molecule has 1 aromatic carbocycles. The largest absolute Gasteiger partial charge is 0.331 e. The molecule has 2 aromatic rings. The van der Waals surface area contributed by atoms with Crippen molar-refractivity contribution in [1.29, 1.82) is 0 Å². The zero-order valence-corrected chi connectivity index (χ0v) is 13.4. The van der Waals surface area contributed by atoms with Crippen LogP contribution in [0.3, 0.4) is 0 Å². The zero-order valence-electron chi connectivity index (χ0n) is 11.0. The van der Waals surface area contributed by atoms with Crippen molar-refractivity contribution in [2.75, 3.05) is 0 Å². The number of rotatable bonds is 3. The smallest absolute Gasteiger partial charge is 0.178 e. The van der Waals surface area contributed by atoms with Crippen LogP contribution in [-0.4, -0.2) is 9.55 Å². The molecule has 0 aliphatic heterocycles. The molecular weight excluding hydrogens is 320 g/mol. The number of nitrogens with one attached hydrogen (secondary N) is 1. The summed E-state index contributed by atoms with van der Waals surface area (Å²) in [5.41, 5.74) is 2.35. The third-order valence-electron chi connectivity index (χ3n) is 4.22. The number of halogens is 1. The van der Waals surface area contributed by atoms with Crippen LogP contribution in [0.5, 0.6) is 0 Å². The van der Waals surface area contributed by atoms with E-state index < -0.39 is 0 Å². The molecule has 1 aliphatic carbocycles. The zero-order chi connectivity index (χ0) is 13.2. The van der Waals surface area contributed by atoms with Crippen molar-refractivity contribution in [3.05, 3.63) is 27.4 Å². The lowest BCUT2D eigenvalue weighted by atomic mass is 9.87. The van der Waals surface area contributed by atoms with Crippen molar-refractivity contribution in [3.63, 3.8) is 0 Å². The highest BCUT2D eigenvalue weighted by atomic mass is 79.9. The number of H-pyrrole nitrogens is 1. The lowest BCUT2D eigenvalue weighted by Crippen LogP contribution is -2.10. The molecule has 0 spiro atoms. The van der Waals surface area contributed by atoms with Gasteiger partial charge in [-0.25, -0.2) is 0 Å². The molecule has 1 aromatic heterocycles. The molecule has 4 heteroatoms. The van der Waals surface area contributed by atoms with E-state index in [0.29, 0.717) is 0 Å². The third-order valence-corrected chi connectivity index (χ3v) is 5.04. The van der Waals surface area contributed by atoms with Crippen LogP contribution in [0.25, 0.3) is 11.0 Å². The van der Waals surface area contributed by atoms with Gasteiger partial charge in [0.1, 0.15) is 0 Å². The van der Waals surface area contributed by atoms with E-state index in [1.807, 2.05) is 0 Å². The Morgan fingerprint density at radius 2 is 2.05 bits per heavy atom. The average molecular weight is 339 g/mol. The van der Waals surface area contributed by atoms with Gasteiger partial charge in [-0.2, -0.15) is 0 Å². The number of aryl methyl sites for hydroxylation is 1. The van der Waals surface area contributed by atoms with Crippen molar-refractivity contribution in [2.45, 2.75) is 45.1 Å². The first-order chi connectivity index (χ1) is 9.24. The van der Waals surface area contributed by atoms with Gasteiger partial charge in [0.05, 0.1) is 11.0 Å². The van der Waals surface area contributed by atoms with Gasteiger partial charge in [-0.05, 0) is 42.8 Å². The Kier molecular flexibility index (Phi) is 4.08. The van der Waals surface area contributed by atoms with Crippen molar-refractivity contribution in [1.82, 2.24) is 9.55 Å². The maximum atomic E-state index is 5.46. The maximum absolute atomic E-state index is 5.46. The molecule has 1 heterocycles. The van der Waals surface area contributed by atoms with Gasteiger partial charge in [0.15, 0.2) is 4.77 Å². The van der Waals surface area contributed by atoms with E-state index in [2.05, 4.69) is 43.7 Å². The minimum atomic E-state index is 0.851. The summed E-state index contributed by atoms with van der Waals surface area (Å²) in [4.78, 5) is 3.30. The monoisotopic (exact) mass is 338 g/mol. The Bertz CT molecular complexity index is 623. The molecule has 2 nitrogen and oxygen atoms in total. The fourth-order valence-electron chi connectivity index (χ4n) is 3.15. The molecule has 0 atom stereocenters. The van der Waals surface area contributed by atoms with Crippen LogP contribution < -0.4 is 0 Å². The van der Waals surface area contributed by atoms with Gasteiger partial charge in [-0.1, -0.05) is 48.0 Å². The normalized spacial score (nSPS) is 17.1. The number of aromatic nitrogens is 2. The van der Waals surface area contributed by atoms with Gasteiger partial charge in [0, 0.05) is 11.0 Å². The first kappa shape index (κ1) is 13.4. The summed E-state index contributed by atoms with van der Waals surface area (Å²) in [5, 5.41) is 0. The number of hydrogen-bond donors (Lipinski definition) is 1. The molecule has 3 rings (SSSR count). The lowest BCUT2D eigenvalue weighted by Gasteiger charge is -2.21. The average Bonchev–Trinajstić information content (AvgIpc) is 2.72. The fraction of sp³-hybridized carbons (Fsp3) is 0.533. The standard InChI is InChI=1S/C15H19BrN2S/c16-12-6-7-14-13(10-12)17-15(19)18(14)9-8-11-4-2-1-3-5-11/h6-7,10-11H,1-5,8-9H2,(H,17,19). The van der Waals surface area contributed by atoms with Crippen LogP contribution in [0.2, 0.25) is 0 Å². The number of fused-ring (bicyclic) bond motifs is 1.